The Labute approximate surface area is 91.4 Å². The van der Waals surface area contributed by atoms with Crippen molar-refractivity contribution in [2.24, 2.45) is 29.6 Å². The van der Waals surface area contributed by atoms with Gasteiger partial charge in [0.1, 0.15) is 0 Å². The molecule has 2 bridgehead atoms. The number of rotatable bonds is 2. The van der Waals surface area contributed by atoms with Crippen LogP contribution in [0.25, 0.3) is 0 Å². The van der Waals surface area contributed by atoms with E-state index in [0.29, 0.717) is 12.5 Å². The van der Waals surface area contributed by atoms with Crippen molar-refractivity contribution in [1.82, 2.24) is 0 Å². The fourth-order valence-corrected chi connectivity index (χ4v) is 4.59. The third kappa shape index (κ3) is 1.33. The minimum absolute atomic E-state index is 0.0929. The van der Waals surface area contributed by atoms with Crippen LogP contribution in [0.5, 0.6) is 0 Å². The molecule has 3 fully saturated rings. The lowest BCUT2D eigenvalue weighted by atomic mass is 9.76. The maximum Gasteiger partial charge on any atom is 0.309 e. The summed E-state index contributed by atoms with van der Waals surface area (Å²) in [6, 6.07) is 0. The molecule has 2 heteroatoms. The minimum Gasteiger partial charge on any atom is -0.466 e. The summed E-state index contributed by atoms with van der Waals surface area (Å²) in [6.07, 6.45) is 6.66. The van der Waals surface area contributed by atoms with E-state index in [9.17, 15) is 4.79 Å². The van der Waals surface area contributed by atoms with E-state index in [-0.39, 0.29) is 11.9 Å². The summed E-state index contributed by atoms with van der Waals surface area (Å²) < 4.78 is 5.19. The molecule has 84 valence electrons. The van der Waals surface area contributed by atoms with Crippen LogP contribution in [0.1, 0.15) is 39.0 Å². The molecule has 0 amide bonds. The highest BCUT2D eigenvalue weighted by Gasteiger charge is 2.55. The van der Waals surface area contributed by atoms with Crippen molar-refractivity contribution in [3.05, 3.63) is 0 Å². The Balaban J connectivity index is 1.73. The van der Waals surface area contributed by atoms with Gasteiger partial charge in [-0.05, 0) is 56.3 Å². The molecule has 0 aromatic carbocycles. The maximum atomic E-state index is 11.8. The third-order valence-electron chi connectivity index (χ3n) is 5.02. The Morgan fingerprint density at radius 1 is 1.20 bits per heavy atom. The van der Waals surface area contributed by atoms with Crippen molar-refractivity contribution < 1.29 is 9.53 Å². The normalized spacial score (nSPS) is 46.9. The zero-order valence-electron chi connectivity index (χ0n) is 9.45. The van der Waals surface area contributed by atoms with Crippen LogP contribution >= 0.6 is 0 Å². The first-order valence-electron chi connectivity index (χ1n) is 6.48. The predicted octanol–water partition coefficient (Wildman–Crippen LogP) is 2.62. The van der Waals surface area contributed by atoms with Gasteiger partial charge >= 0.3 is 5.97 Å². The van der Waals surface area contributed by atoms with E-state index in [1.54, 1.807) is 0 Å². The number of ether oxygens (including phenoxy) is 1. The summed E-state index contributed by atoms with van der Waals surface area (Å²) in [6.45, 7) is 2.45. The number of carbonyl (C=O) groups is 1. The Bertz CT molecular complexity index is 274. The van der Waals surface area contributed by atoms with Crippen LogP contribution < -0.4 is 0 Å². The van der Waals surface area contributed by atoms with Gasteiger partial charge in [-0.15, -0.1) is 0 Å². The molecule has 0 heterocycles. The van der Waals surface area contributed by atoms with E-state index >= 15 is 0 Å². The minimum atomic E-state index is 0.0929. The van der Waals surface area contributed by atoms with E-state index in [0.717, 1.165) is 24.2 Å². The standard InChI is InChI=1S/C13H20O2/c1-2-15-13(14)12-7-8-6-11(12)10-5-3-4-9(8)10/h8-12H,2-7H2,1H3. The number of fused-ring (bicyclic) bond motifs is 5. The maximum absolute atomic E-state index is 11.8. The number of hydrogen-bond donors (Lipinski definition) is 0. The second-order valence-electron chi connectivity index (χ2n) is 5.51. The van der Waals surface area contributed by atoms with Gasteiger partial charge in [-0.2, -0.15) is 0 Å². The van der Waals surface area contributed by atoms with Crippen molar-refractivity contribution in [2.45, 2.75) is 39.0 Å². The molecule has 3 rings (SSSR count). The average Bonchev–Trinajstić information content (AvgIpc) is 2.90. The quantitative estimate of drug-likeness (QED) is 0.652. The van der Waals surface area contributed by atoms with Crippen LogP contribution in [0.2, 0.25) is 0 Å². The topological polar surface area (TPSA) is 26.3 Å². The zero-order valence-corrected chi connectivity index (χ0v) is 9.45. The molecule has 0 aromatic rings. The van der Waals surface area contributed by atoms with E-state index in [1.807, 2.05) is 6.92 Å². The van der Waals surface area contributed by atoms with Crippen LogP contribution in [-0.2, 0) is 9.53 Å². The van der Waals surface area contributed by atoms with Crippen molar-refractivity contribution >= 4 is 5.97 Å². The number of hydrogen-bond acceptors (Lipinski definition) is 2. The lowest BCUT2D eigenvalue weighted by Gasteiger charge is -2.29. The van der Waals surface area contributed by atoms with Crippen LogP contribution in [0.15, 0.2) is 0 Å². The molecule has 5 unspecified atom stereocenters. The van der Waals surface area contributed by atoms with Gasteiger partial charge in [0.2, 0.25) is 0 Å². The summed E-state index contributed by atoms with van der Waals surface area (Å²) in [5, 5.41) is 0. The number of carbonyl (C=O) groups excluding carboxylic acids is 1. The molecule has 0 spiro atoms. The molecule has 2 nitrogen and oxygen atoms in total. The van der Waals surface area contributed by atoms with Crippen molar-refractivity contribution in [1.29, 1.82) is 0 Å². The lowest BCUT2D eigenvalue weighted by Crippen LogP contribution is -2.30. The fourth-order valence-electron chi connectivity index (χ4n) is 4.59. The predicted molar refractivity (Wildman–Crippen MR) is 57.2 cm³/mol. The van der Waals surface area contributed by atoms with E-state index in [1.165, 1.54) is 25.7 Å². The van der Waals surface area contributed by atoms with Gasteiger partial charge in [0.05, 0.1) is 12.5 Å². The van der Waals surface area contributed by atoms with Gasteiger partial charge in [0, 0.05) is 0 Å². The van der Waals surface area contributed by atoms with Crippen LogP contribution in [-0.4, -0.2) is 12.6 Å². The molecule has 3 saturated carbocycles. The third-order valence-corrected chi connectivity index (χ3v) is 5.02. The molecule has 0 saturated heterocycles. The second-order valence-corrected chi connectivity index (χ2v) is 5.51. The average molecular weight is 208 g/mol. The first-order valence-corrected chi connectivity index (χ1v) is 6.48. The summed E-state index contributed by atoms with van der Waals surface area (Å²) in [5.74, 6) is 3.74. The monoisotopic (exact) mass is 208 g/mol. The molecule has 0 N–H and O–H groups in total. The highest BCUT2D eigenvalue weighted by Crippen LogP contribution is 2.61. The van der Waals surface area contributed by atoms with Crippen LogP contribution in [0.4, 0.5) is 0 Å². The zero-order chi connectivity index (χ0) is 10.4. The molecule has 3 aliphatic rings. The molecule has 0 radical (unpaired) electrons. The summed E-state index contributed by atoms with van der Waals surface area (Å²) in [4.78, 5) is 11.8. The molecule has 3 aliphatic carbocycles. The first-order chi connectivity index (χ1) is 7.31. The molecule has 0 aromatic heterocycles. The van der Waals surface area contributed by atoms with E-state index < -0.39 is 0 Å². The van der Waals surface area contributed by atoms with Gasteiger partial charge in [-0.25, -0.2) is 0 Å². The van der Waals surface area contributed by atoms with Crippen molar-refractivity contribution in [3.8, 4) is 0 Å². The van der Waals surface area contributed by atoms with Gasteiger partial charge in [-0.3, -0.25) is 4.79 Å². The largest absolute Gasteiger partial charge is 0.466 e. The number of esters is 1. The SMILES string of the molecule is CCOC(=O)C1CC2CC1C1CCCC21. The fraction of sp³-hybridized carbons (Fsp3) is 0.923. The van der Waals surface area contributed by atoms with Crippen LogP contribution in [0, 0.1) is 29.6 Å². The van der Waals surface area contributed by atoms with E-state index in [4.69, 9.17) is 4.74 Å². The smallest absolute Gasteiger partial charge is 0.309 e. The highest BCUT2D eigenvalue weighted by molar-refractivity contribution is 5.73. The summed E-state index contributed by atoms with van der Waals surface area (Å²) in [7, 11) is 0. The Hall–Kier alpha value is -0.530. The molecule has 0 aliphatic heterocycles. The highest BCUT2D eigenvalue weighted by atomic mass is 16.5. The second kappa shape index (κ2) is 3.50. The van der Waals surface area contributed by atoms with Gasteiger partial charge < -0.3 is 4.74 Å². The van der Waals surface area contributed by atoms with Gasteiger partial charge in [-0.1, -0.05) is 6.42 Å². The Morgan fingerprint density at radius 3 is 2.80 bits per heavy atom. The molecular formula is C13H20O2. The van der Waals surface area contributed by atoms with E-state index in [2.05, 4.69) is 0 Å². The molecule has 5 atom stereocenters. The van der Waals surface area contributed by atoms with Crippen LogP contribution in [0.3, 0.4) is 0 Å². The summed E-state index contributed by atoms with van der Waals surface area (Å²) >= 11 is 0. The summed E-state index contributed by atoms with van der Waals surface area (Å²) in [5.41, 5.74) is 0. The first kappa shape index (κ1) is 9.68. The molecular weight excluding hydrogens is 188 g/mol. The molecule has 15 heavy (non-hydrogen) atoms. The Kier molecular flexibility index (Phi) is 2.26. The Morgan fingerprint density at radius 2 is 2.00 bits per heavy atom. The van der Waals surface area contributed by atoms with Crippen molar-refractivity contribution in [3.63, 3.8) is 0 Å². The lowest BCUT2D eigenvalue weighted by molar-refractivity contribution is -0.150. The van der Waals surface area contributed by atoms with Gasteiger partial charge in [0.25, 0.3) is 0 Å². The van der Waals surface area contributed by atoms with Gasteiger partial charge in [0.15, 0.2) is 0 Å². The van der Waals surface area contributed by atoms with Crippen molar-refractivity contribution in [2.75, 3.05) is 6.61 Å².